The number of amides is 2. The van der Waals surface area contributed by atoms with Crippen LogP contribution < -0.4 is 75.4 Å². The minimum atomic E-state index is -0.368. The van der Waals surface area contributed by atoms with Crippen molar-refractivity contribution in [2.75, 3.05) is 26.2 Å². The van der Waals surface area contributed by atoms with Crippen LogP contribution in [0.3, 0.4) is 0 Å². The van der Waals surface area contributed by atoms with Gasteiger partial charge in [0.1, 0.15) is 11.2 Å². The first-order valence-electron chi connectivity index (χ1n) is 8.37. The zero-order valence-corrected chi connectivity index (χ0v) is 24.7. The molecule has 26 heavy (non-hydrogen) atoms. The molecule has 0 aliphatic carbocycles. The summed E-state index contributed by atoms with van der Waals surface area (Å²) in [7, 11) is 0. The summed E-state index contributed by atoms with van der Waals surface area (Å²) < 4.78 is 11.0. The van der Waals surface area contributed by atoms with E-state index >= 15 is 0 Å². The van der Waals surface area contributed by atoms with Crippen LogP contribution in [0.4, 0.5) is 9.59 Å². The van der Waals surface area contributed by atoms with Crippen LogP contribution >= 0.6 is 22.6 Å². The molecule has 0 bridgehead atoms. The monoisotopic (exact) mass is 620 g/mol. The molecule has 0 aromatic heterocycles. The summed E-state index contributed by atoms with van der Waals surface area (Å²) in [6, 6.07) is 0. The third-order valence-corrected chi connectivity index (χ3v) is 3.99. The van der Waals surface area contributed by atoms with Crippen molar-refractivity contribution in [2.24, 2.45) is 5.92 Å². The largest absolute Gasteiger partial charge is 1.00 e. The average Bonchev–Trinajstić information content (AvgIpc) is 2.27. The van der Waals surface area contributed by atoms with E-state index in [2.05, 4.69) is 29.5 Å². The molecule has 0 radical (unpaired) electrons. The number of carbonyl (C=O) groups is 2. The van der Waals surface area contributed by atoms with Gasteiger partial charge < -0.3 is 43.3 Å². The summed E-state index contributed by atoms with van der Waals surface area (Å²) in [4.78, 5) is 26.0. The number of nitrogens with zero attached hydrogens (tertiary/aromatic N) is 2. The Morgan fingerprint density at radius 3 is 1.38 bits per heavy atom. The molecule has 2 aliphatic heterocycles. The Kier molecular flexibility index (Phi) is 14.2. The van der Waals surface area contributed by atoms with Crippen molar-refractivity contribution in [1.29, 1.82) is 0 Å². The second kappa shape index (κ2) is 12.4. The van der Waals surface area contributed by atoms with Gasteiger partial charge >= 0.3 is 63.6 Å². The normalized spacial score (nSPS) is 17.4. The summed E-state index contributed by atoms with van der Waals surface area (Å²) in [5.41, 5.74) is -0.733. The minimum absolute atomic E-state index is 0. The first-order chi connectivity index (χ1) is 10.8. The van der Waals surface area contributed by atoms with E-state index in [0.717, 1.165) is 26.2 Å². The van der Waals surface area contributed by atoms with E-state index in [1.165, 1.54) is 0 Å². The predicted octanol–water partition coefficient (Wildman–Crippen LogP) is -2.08. The Balaban J connectivity index is 0. The van der Waals surface area contributed by atoms with Gasteiger partial charge in [-0.3, -0.25) is 0 Å². The van der Waals surface area contributed by atoms with Crippen LogP contribution in [0.2, 0.25) is 0 Å². The van der Waals surface area contributed by atoms with Crippen molar-refractivity contribution in [2.45, 2.75) is 63.6 Å². The van der Waals surface area contributed by atoms with Gasteiger partial charge in [0.25, 0.3) is 0 Å². The number of likely N-dealkylation sites (tertiary alicyclic amines) is 2. The number of alkyl halides is 1. The number of halogens is 2. The summed E-state index contributed by atoms with van der Waals surface area (Å²) in [6.07, 6.45) is -0.365. The molecule has 6 nitrogen and oxygen atoms in total. The summed E-state index contributed by atoms with van der Waals surface area (Å²) >= 11 is 2.33. The van der Waals surface area contributed by atoms with Crippen LogP contribution in [0, 0.1) is 5.92 Å². The first-order valence-corrected chi connectivity index (χ1v) is 9.61. The Bertz CT molecular complexity index is 413. The molecule has 9 heteroatoms. The first kappa shape index (κ1) is 29.8. The molecule has 0 saturated carbocycles. The van der Waals surface area contributed by atoms with Crippen LogP contribution in [-0.4, -0.2) is 63.3 Å². The van der Waals surface area contributed by atoms with Crippen LogP contribution in [0.25, 0.3) is 0 Å². The van der Waals surface area contributed by atoms with E-state index < -0.39 is 0 Å². The number of ether oxygens (including phenoxy) is 2. The van der Waals surface area contributed by atoms with E-state index in [-0.39, 0.29) is 98.7 Å². The van der Waals surface area contributed by atoms with Gasteiger partial charge in [-0.2, -0.15) is 0 Å². The quantitative estimate of drug-likeness (QED) is 0.178. The smallest absolute Gasteiger partial charge is 1.00 e. The van der Waals surface area contributed by atoms with Gasteiger partial charge in [-0.1, -0.05) is 29.5 Å². The number of hydrogen-bond acceptors (Lipinski definition) is 4. The molecular formula is C17H31I2KN2O4. The molecule has 0 aromatic carbocycles. The zero-order valence-electron chi connectivity index (χ0n) is 17.3. The Morgan fingerprint density at radius 1 is 0.846 bits per heavy atom. The van der Waals surface area contributed by atoms with Gasteiger partial charge in [0, 0.05) is 30.1 Å². The minimum Gasteiger partial charge on any atom is -1.00 e. The van der Waals surface area contributed by atoms with E-state index in [4.69, 9.17) is 9.47 Å². The fraction of sp³-hybridized carbons (Fsp3) is 0.882. The van der Waals surface area contributed by atoms with Gasteiger partial charge in [0.15, 0.2) is 0 Å². The fourth-order valence-corrected chi connectivity index (χ4v) is 3.03. The second-order valence-corrected chi connectivity index (χ2v) is 10.2. The fourth-order valence-electron chi connectivity index (χ4n) is 2.07. The maximum Gasteiger partial charge on any atom is 1.00 e. The topological polar surface area (TPSA) is 59.1 Å². The van der Waals surface area contributed by atoms with Gasteiger partial charge in [-0.15, -0.1) is 0 Å². The van der Waals surface area contributed by atoms with E-state index in [9.17, 15) is 9.59 Å². The van der Waals surface area contributed by atoms with E-state index in [1.54, 1.807) is 9.80 Å². The zero-order chi connectivity index (χ0) is 18.7. The predicted molar refractivity (Wildman–Crippen MR) is 103 cm³/mol. The van der Waals surface area contributed by atoms with Crippen molar-refractivity contribution >= 4 is 34.8 Å². The third kappa shape index (κ3) is 12.3. The van der Waals surface area contributed by atoms with E-state index in [1.807, 2.05) is 41.5 Å². The van der Waals surface area contributed by atoms with Gasteiger partial charge in [-0.25, -0.2) is 9.59 Å². The Labute approximate surface area is 231 Å². The molecule has 2 saturated heterocycles. The van der Waals surface area contributed by atoms with Crippen molar-refractivity contribution in [3.05, 3.63) is 0 Å². The third-order valence-electron chi connectivity index (χ3n) is 3.20. The number of carbonyl (C=O) groups excluding carboxylic acids is 2. The van der Waals surface area contributed by atoms with Crippen LogP contribution in [0.5, 0.6) is 0 Å². The maximum atomic E-state index is 11.3. The summed E-state index contributed by atoms with van der Waals surface area (Å²) in [6.45, 7) is 16.8. The van der Waals surface area contributed by atoms with Gasteiger partial charge in [0.05, 0.1) is 0 Å². The van der Waals surface area contributed by atoms with Gasteiger partial charge in [0.2, 0.25) is 0 Å². The molecular weight excluding hydrogens is 589 g/mol. The van der Waals surface area contributed by atoms with Crippen molar-refractivity contribution in [3.63, 3.8) is 0 Å². The Morgan fingerprint density at radius 2 is 1.15 bits per heavy atom. The van der Waals surface area contributed by atoms with Crippen LogP contribution in [0.15, 0.2) is 0 Å². The van der Waals surface area contributed by atoms with E-state index in [0.29, 0.717) is 9.84 Å². The SMILES string of the molecule is CC(C)(C)OC(=O)N1CC(I)C1.CC1CN(C(=O)OC(C)(C)C)C1.[I-].[K+]. The molecule has 0 aromatic rings. The molecule has 0 unspecified atom stereocenters. The average molecular weight is 620 g/mol. The molecule has 2 rings (SSSR count). The molecule has 0 atom stereocenters. The Hall–Kier alpha value is 1.64. The maximum absolute atomic E-state index is 11.3. The van der Waals surface area contributed by atoms with Crippen LogP contribution in [-0.2, 0) is 9.47 Å². The standard InChI is InChI=1S/C9H17NO2.C8H14INO2.HI.K/c1-7-5-10(6-7)8(11)12-9(2,3)4;1-8(2,3)12-7(11)10-4-6(9)5-10;;/h7H,5-6H2,1-4H3;6H,4-5H2,1-3H3;1H;/q;;;+1/p-1. The molecule has 2 amide bonds. The molecule has 2 aliphatic rings. The van der Waals surface area contributed by atoms with Crippen molar-refractivity contribution < 1.29 is 94.4 Å². The van der Waals surface area contributed by atoms with Crippen LogP contribution in [0.1, 0.15) is 48.5 Å². The van der Waals surface area contributed by atoms with Gasteiger partial charge in [-0.05, 0) is 47.5 Å². The summed E-state index contributed by atoms with van der Waals surface area (Å²) in [5, 5.41) is 0. The number of rotatable bonds is 0. The van der Waals surface area contributed by atoms with Crippen molar-refractivity contribution in [1.82, 2.24) is 9.80 Å². The summed E-state index contributed by atoms with van der Waals surface area (Å²) in [5.74, 6) is 0.637. The number of hydrogen-bond donors (Lipinski definition) is 0. The molecule has 148 valence electrons. The van der Waals surface area contributed by atoms with Crippen molar-refractivity contribution in [3.8, 4) is 0 Å². The molecule has 0 N–H and O–H groups in total. The molecule has 0 spiro atoms. The molecule has 2 heterocycles. The second-order valence-electron chi connectivity index (χ2n) is 8.47. The molecule has 2 fully saturated rings.